The number of methoxy groups -OCH3 is 1. The number of hydrogen-bond acceptors (Lipinski definition) is 4. The van der Waals surface area contributed by atoms with Crippen LogP contribution < -0.4 is 0 Å². The quantitative estimate of drug-likeness (QED) is 0.526. The molecule has 0 aliphatic carbocycles. The maximum Gasteiger partial charge on any atom is 0.307 e. The van der Waals surface area contributed by atoms with E-state index in [1.54, 1.807) is 6.08 Å². The first-order valence-electron chi connectivity index (χ1n) is 3.94. The second-order valence-electron chi connectivity index (χ2n) is 2.21. The van der Waals surface area contributed by atoms with Crippen molar-refractivity contribution in [2.75, 3.05) is 7.11 Å². The first-order chi connectivity index (χ1) is 6.62. The van der Waals surface area contributed by atoms with Crippen molar-refractivity contribution < 1.29 is 24.2 Å². The van der Waals surface area contributed by atoms with Gasteiger partial charge in [-0.2, -0.15) is 0 Å². The molecule has 1 N–H and O–H groups in total. The lowest BCUT2D eigenvalue weighted by atomic mass is 10.2. The number of rotatable bonds is 5. The first-order valence-corrected chi connectivity index (χ1v) is 3.94. The Labute approximate surface area is 82.4 Å². The second kappa shape index (κ2) is 11.4. The molecule has 0 aliphatic rings. The number of aliphatic carboxylic acids is 1. The lowest BCUT2D eigenvalue weighted by Crippen LogP contribution is -1.97. The molecular formula is C9H14O5. The van der Waals surface area contributed by atoms with Crippen molar-refractivity contribution in [1.82, 2.24) is 0 Å². The molecular weight excluding hydrogens is 188 g/mol. The van der Waals surface area contributed by atoms with Gasteiger partial charge < -0.3 is 9.84 Å². The average Bonchev–Trinajstić information content (AvgIpc) is 2.17. The van der Waals surface area contributed by atoms with Crippen LogP contribution >= 0.6 is 0 Å². The summed E-state index contributed by atoms with van der Waals surface area (Å²) in [4.78, 5) is 29.1. The number of carboxylic acid groups (broad SMARTS) is 1. The summed E-state index contributed by atoms with van der Waals surface area (Å²) in [5.41, 5.74) is 0.343. The van der Waals surface area contributed by atoms with Gasteiger partial charge in [0.15, 0.2) is 0 Å². The standard InChI is InChI=1S/C7H10O3.C2H4O2/c1-2-3-6(5-8)4-7(9)10;1-4-2-3/h3,5H,2,4H2,1H3,(H,9,10);2H,1H3/b6-3-;. The van der Waals surface area contributed by atoms with Crippen molar-refractivity contribution in [1.29, 1.82) is 0 Å². The third-order valence-corrected chi connectivity index (χ3v) is 1.07. The van der Waals surface area contributed by atoms with Crippen LogP contribution in [0.1, 0.15) is 19.8 Å². The predicted octanol–water partition coefficient (Wildman–Crippen LogP) is 0.786. The van der Waals surface area contributed by atoms with E-state index in [0.29, 0.717) is 24.8 Å². The molecule has 0 unspecified atom stereocenters. The minimum atomic E-state index is -0.966. The molecule has 0 fully saturated rings. The minimum Gasteiger partial charge on any atom is -0.481 e. The topological polar surface area (TPSA) is 80.7 Å². The molecule has 80 valence electrons. The number of allylic oxidation sites excluding steroid dienone is 1. The van der Waals surface area contributed by atoms with E-state index in [1.165, 1.54) is 7.11 Å². The zero-order valence-corrected chi connectivity index (χ0v) is 8.23. The molecule has 14 heavy (non-hydrogen) atoms. The molecule has 0 aromatic rings. The van der Waals surface area contributed by atoms with Crippen molar-refractivity contribution >= 4 is 18.7 Å². The molecule has 0 saturated carbocycles. The van der Waals surface area contributed by atoms with Gasteiger partial charge in [0.2, 0.25) is 0 Å². The van der Waals surface area contributed by atoms with E-state index in [4.69, 9.17) is 9.90 Å². The van der Waals surface area contributed by atoms with Gasteiger partial charge in [0.25, 0.3) is 6.47 Å². The van der Waals surface area contributed by atoms with E-state index in [9.17, 15) is 9.59 Å². The summed E-state index contributed by atoms with van der Waals surface area (Å²) >= 11 is 0. The fourth-order valence-electron chi connectivity index (χ4n) is 0.599. The highest BCUT2D eigenvalue weighted by atomic mass is 16.5. The molecule has 0 bridgehead atoms. The third-order valence-electron chi connectivity index (χ3n) is 1.07. The molecule has 5 nitrogen and oxygen atoms in total. The number of ether oxygens (including phenoxy) is 1. The smallest absolute Gasteiger partial charge is 0.307 e. The maximum atomic E-state index is 10.1. The van der Waals surface area contributed by atoms with Crippen molar-refractivity contribution in [2.24, 2.45) is 0 Å². The molecule has 0 saturated heterocycles. The van der Waals surface area contributed by atoms with Crippen molar-refractivity contribution in [3.8, 4) is 0 Å². The summed E-state index contributed by atoms with van der Waals surface area (Å²) in [6.45, 7) is 2.23. The molecule has 0 radical (unpaired) electrons. The molecule has 0 aliphatic heterocycles. The summed E-state index contributed by atoms with van der Waals surface area (Å²) in [7, 11) is 1.31. The van der Waals surface area contributed by atoms with Gasteiger partial charge in [0.1, 0.15) is 6.29 Å². The van der Waals surface area contributed by atoms with Crippen LogP contribution in [0, 0.1) is 0 Å². The summed E-state index contributed by atoms with van der Waals surface area (Å²) in [6, 6.07) is 0. The van der Waals surface area contributed by atoms with Crippen LogP contribution in [-0.4, -0.2) is 30.9 Å². The van der Waals surface area contributed by atoms with Gasteiger partial charge in [-0.1, -0.05) is 13.0 Å². The van der Waals surface area contributed by atoms with Crippen LogP contribution in [0.15, 0.2) is 11.6 Å². The van der Waals surface area contributed by atoms with E-state index in [0.717, 1.165) is 0 Å². The Morgan fingerprint density at radius 2 is 1.93 bits per heavy atom. The highest BCUT2D eigenvalue weighted by Gasteiger charge is 2.00. The van der Waals surface area contributed by atoms with Gasteiger partial charge in [-0.15, -0.1) is 0 Å². The van der Waals surface area contributed by atoms with E-state index in [-0.39, 0.29) is 6.42 Å². The highest BCUT2D eigenvalue weighted by molar-refractivity contribution is 5.83. The summed E-state index contributed by atoms with van der Waals surface area (Å²) in [5.74, 6) is -0.966. The van der Waals surface area contributed by atoms with Gasteiger partial charge in [-0.3, -0.25) is 14.4 Å². The Hall–Kier alpha value is -1.65. The molecule has 5 heteroatoms. The van der Waals surface area contributed by atoms with Gasteiger partial charge in [0.05, 0.1) is 13.5 Å². The summed E-state index contributed by atoms with van der Waals surface area (Å²) < 4.78 is 3.86. The molecule has 0 atom stereocenters. The van der Waals surface area contributed by atoms with Crippen LogP contribution in [0.4, 0.5) is 0 Å². The normalized spacial score (nSPS) is 9.43. The maximum absolute atomic E-state index is 10.1. The van der Waals surface area contributed by atoms with E-state index >= 15 is 0 Å². The Morgan fingerprint density at radius 1 is 1.43 bits per heavy atom. The van der Waals surface area contributed by atoms with Gasteiger partial charge in [-0.25, -0.2) is 0 Å². The molecule has 0 amide bonds. The molecule has 0 aromatic carbocycles. The zero-order chi connectivity index (χ0) is 11.4. The van der Waals surface area contributed by atoms with Crippen LogP contribution in [0.5, 0.6) is 0 Å². The third kappa shape index (κ3) is 13.0. The lowest BCUT2D eigenvalue weighted by Gasteiger charge is -1.91. The second-order valence-corrected chi connectivity index (χ2v) is 2.21. The van der Waals surface area contributed by atoms with Gasteiger partial charge >= 0.3 is 5.97 Å². The van der Waals surface area contributed by atoms with Crippen molar-refractivity contribution in [2.45, 2.75) is 19.8 Å². The monoisotopic (exact) mass is 202 g/mol. The number of carbonyl (C=O) groups is 3. The van der Waals surface area contributed by atoms with Crippen molar-refractivity contribution in [3.63, 3.8) is 0 Å². The predicted molar refractivity (Wildman–Crippen MR) is 49.8 cm³/mol. The number of hydrogen-bond donors (Lipinski definition) is 1. The minimum absolute atomic E-state index is 0.169. The van der Waals surface area contributed by atoms with Crippen LogP contribution in [0.25, 0.3) is 0 Å². The van der Waals surface area contributed by atoms with Gasteiger partial charge in [-0.05, 0) is 12.0 Å². The Morgan fingerprint density at radius 3 is 2.14 bits per heavy atom. The zero-order valence-electron chi connectivity index (χ0n) is 8.23. The van der Waals surface area contributed by atoms with Gasteiger partial charge in [0, 0.05) is 0 Å². The number of carboxylic acids is 1. The molecule has 0 rings (SSSR count). The average molecular weight is 202 g/mol. The highest BCUT2D eigenvalue weighted by Crippen LogP contribution is 1.98. The van der Waals surface area contributed by atoms with E-state index < -0.39 is 5.97 Å². The number of carbonyl (C=O) groups excluding carboxylic acids is 2. The Kier molecular flexibility index (Phi) is 12.0. The first kappa shape index (κ1) is 14.9. The van der Waals surface area contributed by atoms with Crippen LogP contribution in [0.3, 0.4) is 0 Å². The fourth-order valence-corrected chi connectivity index (χ4v) is 0.599. The molecule has 0 spiro atoms. The SMILES string of the molecule is CC/C=C(\C=O)CC(=O)O.COC=O. The lowest BCUT2D eigenvalue weighted by molar-refractivity contribution is -0.136. The summed E-state index contributed by atoms with van der Waals surface area (Å²) in [5, 5.41) is 8.24. The summed E-state index contributed by atoms with van der Waals surface area (Å²) in [6.07, 6.45) is 2.72. The largest absolute Gasteiger partial charge is 0.481 e. The van der Waals surface area contributed by atoms with Crippen molar-refractivity contribution in [3.05, 3.63) is 11.6 Å². The molecule has 0 aromatic heterocycles. The Balaban J connectivity index is 0. The van der Waals surface area contributed by atoms with Crippen LogP contribution in [-0.2, 0) is 19.1 Å². The van der Waals surface area contributed by atoms with Crippen LogP contribution in [0.2, 0.25) is 0 Å². The number of aldehydes is 1. The van der Waals surface area contributed by atoms with E-state index in [2.05, 4.69) is 4.74 Å². The fraction of sp³-hybridized carbons (Fsp3) is 0.444. The Bertz CT molecular complexity index is 207. The van der Waals surface area contributed by atoms with E-state index in [1.807, 2.05) is 6.92 Å². The molecule has 0 heterocycles.